The maximum absolute atomic E-state index is 11.7. The summed E-state index contributed by atoms with van der Waals surface area (Å²) in [4.78, 5) is 0. The van der Waals surface area contributed by atoms with E-state index in [2.05, 4.69) is 38.1 Å². The van der Waals surface area contributed by atoms with Crippen molar-refractivity contribution in [2.24, 2.45) is 0 Å². The van der Waals surface area contributed by atoms with Crippen LogP contribution in [0.25, 0.3) is 0 Å². The molecule has 0 amide bonds. The minimum absolute atomic E-state index is 0.179. The lowest BCUT2D eigenvalue weighted by atomic mass is 9.78. The predicted octanol–water partition coefficient (Wildman–Crippen LogP) is 5.06. The lowest BCUT2D eigenvalue weighted by molar-refractivity contribution is 0.000604. The number of aryl methyl sites for hydroxylation is 2. The van der Waals surface area contributed by atoms with Crippen LogP contribution in [0.3, 0.4) is 0 Å². The highest BCUT2D eigenvalue weighted by molar-refractivity contribution is 5.48. The second kappa shape index (κ2) is 6.05. The molecule has 0 unspecified atom stereocenters. The van der Waals surface area contributed by atoms with Gasteiger partial charge in [-0.1, -0.05) is 77.9 Å². The minimum atomic E-state index is -1.06. The van der Waals surface area contributed by atoms with E-state index in [1.165, 1.54) is 11.1 Å². The number of fused-ring (bicyclic) bond motifs is 1. The van der Waals surface area contributed by atoms with E-state index < -0.39 is 5.60 Å². The first-order valence-electron chi connectivity index (χ1n) is 8.68. The molecular formula is C23H22O2. The Morgan fingerprint density at radius 3 is 2.12 bits per heavy atom. The van der Waals surface area contributed by atoms with Gasteiger partial charge in [0.1, 0.15) is 17.5 Å². The van der Waals surface area contributed by atoms with Crippen LogP contribution < -0.4 is 4.74 Å². The van der Waals surface area contributed by atoms with Crippen LogP contribution in [-0.2, 0) is 5.60 Å². The molecule has 4 rings (SSSR count). The van der Waals surface area contributed by atoms with E-state index in [0.717, 1.165) is 22.4 Å². The number of para-hydroxylation sites is 1. The van der Waals surface area contributed by atoms with Crippen LogP contribution in [0.5, 0.6) is 5.75 Å². The molecule has 0 bridgehead atoms. The monoisotopic (exact) mass is 330 g/mol. The number of benzene rings is 3. The quantitative estimate of drug-likeness (QED) is 0.711. The zero-order valence-electron chi connectivity index (χ0n) is 14.6. The van der Waals surface area contributed by atoms with Gasteiger partial charge < -0.3 is 9.84 Å². The van der Waals surface area contributed by atoms with E-state index in [1.54, 1.807) is 0 Å². The second-order valence-corrected chi connectivity index (χ2v) is 6.94. The summed E-state index contributed by atoms with van der Waals surface area (Å²) in [6.07, 6.45) is 0.317. The SMILES string of the molecule is Cc1ccc([C@@H]2C[C@@](O)(c3ccc(C)cc3)c3ccccc3O2)cc1. The van der Waals surface area contributed by atoms with E-state index >= 15 is 0 Å². The van der Waals surface area contributed by atoms with Crippen molar-refractivity contribution in [3.63, 3.8) is 0 Å². The van der Waals surface area contributed by atoms with Gasteiger partial charge in [-0.05, 0) is 31.0 Å². The third kappa shape index (κ3) is 2.83. The van der Waals surface area contributed by atoms with Gasteiger partial charge in [0.2, 0.25) is 0 Å². The first-order chi connectivity index (χ1) is 12.1. The van der Waals surface area contributed by atoms with E-state index in [-0.39, 0.29) is 6.10 Å². The zero-order chi connectivity index (χ0) is 17.4. The van der Waals surface area contributed by atoms with E-state index in [1.807, 2.05) is 48.5 Å². The van der Waals surface area contributed by atoms with Crippen molar-refractivity contribution in [3.05, 3.63) is 101 Å². The molecular weight excluding hydrogens is 308 g/mol. The predicted molar refractivity (Wildman–Crippen MR) is 99.8 cm³/mol. The maximum Gasteiger partial charge on any atom is 0.127 e. The molecule has 3 aromatic carbocycles. The van der Waals surface area contributed by atoms with Gasteiger partial charge in [-0.15, -0.1) is 0 Å². The number of ether oxygens (including phenoxy) is 1. The summed E-state index contributed by atoms with van der Waals surface area (Å²) >= 11 is 0. The average molecular weight is 330 g/mol. The fraction of sp³-hybridized carbons (Fsp3) is 0.217. The van der Waals surface area contributed by atoms with Crippen LogP contribution in [0.4, 0.5) is 0 Å². The maximum atomic E-state index is 11.7. The standard InChI is InChI=1S/C23H22O2/c1-16-7-11-18(12-8-16)22-15-23(24,19-13-9-17(2)10-14-19)20-5-3-4-6-21(20)25-22/h3-14,22,24H,15H2,1-2H3/t22-,23+/m0/s1. The molecule has 2 nitrogen and oxygen atoms in total. The fourth-order valence-electron chi connectivity index (χ4n) is 3.55. The molecule has 0 fully saturated rings. The summed E-state index contributed by atoms with van der Waals surface area (Å²) in [5.41, 5.74) is 4.17. The lowest BCUT2D eigenvalue weighted by Crippen LogP contribution is -2.35. The van der Waals surface area contributed by atoms with Crippen LogP contribution in [0.1, 0.15) is 40.3 Å². The number of hydrogen-bond acceptors (Lipinski definition) is 2. The third-order valence-corrected chi connectivity index (χ3v) is 5.06. The normalized spacial score (nSPS) is 22.1. The Morgan fingerprint density at radius 1 is 0.840 bits per heavy atom. The van der Waals surface area contributed by atoms with Crippen LogP contribution in [-0.4, -0.2) is 5.11 Å². The molecule has 1 heterocycles. The molecule has 126 valence electrons. The van der Waals surface area contributed by atoms with Crippen molar-refractivity contribution in [1.82, 2.24) is 0 Å². The number of rotatable bonds is 2. The molecule has 1 aliphatic heterocycles. The first-order valence-corrected chi connectivity index (χ1v) is 8.68. The van der Waals surface area contributed by atoms with E-state index in [9.17, 15) is 5.11 Å². The Bertz CT molecular complexity index is 881. The van der Waals surface area contributed by atoms with Gasteiger partial charge in [-0.25, -0.2) is 0 Å². The molecule has 2 atom stereocenters. The Balaban J connectivity index is 1.82. The molecule has 0 aliphatic carbocycles. The van der Waals surface area contributed by atoms with Crippen molar-refractivity contribution < 1.29 is 9.84 Å². The average Bonchev–Trinajstić information content (AvgIpc) is 2.63. The highest BCUT2D eigenvalue weighted by atomic mass is 16.5. The lowest BCUT2D eigenvalue weighted by Gasteiger charge is -2.39. The van der Waals surface area contributed by atoms with Crippen molar-refractivity contribution in [2.75, 3.05) is 0 Å². The molecule has 0 saturated carbocycles. The van der Waals surface area contributed by atoms with Gasteiger partial charge in [-0.3, -0.25) is 0 Å². The summed E-state index contributed by atoms with van der Waals surface area (Å²) in [7, 11) is 0. The van der Waals surface area contributed by atoms with Gasteiger partial charge in [0.05, 0.1) is 0 Å². The van der Waals surface area contributed by atoms with Gasteiger partial charge in [0, 0.05) is 12.0 Å². The molecule has 0 spiro atoms. The van der Waals surface area contributed by atoms with Crippen molar-refractivity contribution in [1.29, 1.82) is 0 Å². The second-order valence-electron chi connectivity index (χ2n) is 6.94. The largest absolute Gasteiger partial charge is 0.485 e. The van der Waals surface area contributed by atoms with E-state index in [0.29, 0.717) is 6.42 Å². The molecule has 2 heteroatoms. The van der Waals surface area contributed by atoms with Crippen LogP contribution >= 0.6 is 0 Å². The highest BCUT2D eigenvalue weighted by Gasteiger charge is 2.41. The number of hydrogen-bond donors (Lipinski definition) is 1. The highest BCUT2D eigenvalue weighted by Crippen LogP contribution is 2.47. The van der Waals surface area contributed by atoms with Gasteiger partial charge in [0.15, 0.2) is 0 Å². The summed E-state index contributed by atoms with van der Waals surface area (Å²) in [5.74, 6) is 0.752. The number of aliphatic hydroxyl groups is 1. The Kier molecular flexibility index (Phi) is 3.85. The molecule has 1 N–H and O–H groups in total. The van der Waals surface area contributed by atoms with Crippen LogP contribution in [0, 0.1) is 13.8 Å². The van der Waals surface area contributed by atoms with Crippen molar-refractivity contribution in [3.8, 4) is 5.75 Å². The summed E-state index contributed by atoms with van der Waals surface area (Å²) in [6.45, 7) is 4.13. The van der Waals surface area contributed by atoms with Gasteiger partial charge in [0.25, 0.3) is 0 Å². The van der Waals surface area contributed by atoms with Crippen molar-refractivity contribution >= 4 is 0 Å². The van der Waals surface area contributed by atoms with Crippen molar-refractivity contribution in [2.45, 2.75) is 32.0 Å². The fourth-order valence-corrected chi connectivity index (χ4v) is 3.55. The molecule has 0 aromatic heterocycles. The zero-order valence-corrected chi connectivity index (χ0v) is 14.6. The van der Waals surface area contributed by atoms with Crippen LogP contribution in [0.15, 0.2) is 72.8 Å². The van der Waals surface area contributed by atoms with Gasteiger partial charge >= 0.3 is 0 Å². The molecule has 3 aromatic rings. The minimum Gasteiger partial charge on any atom is -0.485 e. The van der Waals surface area contributed by atoms with Crippen LogP contribution in [0.2, 0.25) is 0 Å². The Morgan fingerprint density at radius 2 is 1.44 bits per heavy atom. The first kappa shape index (κ1) is 15.9. The summed E-state index contributed by atoms with van der Waals surface area (Å²) < 4.78 is 6.24. The van der Waals surface area contributed by atoms with Gasteiger partial charge in [-0.2, -0.15) is 0 Å². The topological polar surface area (TPSA) is 29.5 Å². The molecule has 0 saturated heterocycles. The third-order valence-electron chi connectivity index (χ3n) is 5.06. The summed E-state index contributed by atoms with van der Waals surface area (Å²) in [5, 5.41) is 11.7. The van der Waals surface area contributed by atoms with E-state index in [4.69, 9.17) is 4.74 Å². The molecule has 25 heavy (non-hydrogen) atoms. The Labute approximate surface area is 148 Å². The summed E-state index contributed by atoms with van der Waals surface area (Å²) in [6, 6.07) is 24.3. The molecule has 1 aliphatic rings. The Hall–Kier alpha value is -2.58. The molecule has 0 radical (unpaired) electrons. The smallest absolute Gasteiger partial charge is 0.127 e.